The molecular formula is C34H42O6. The second kappa shape index (κ2) is 11.8. The molecule has 0 radical (unpaired) electrons. The van der Waals surface area contributed by atoms with Crippen LogP contribution in [0.1, 0.15) is 58.4 Å². The minimum Gasteiger partial charge on any atom is -0.491 e. The quantitative estimate of drug-likeness (QED) is 0.105. The molecule has 40 heavy (non-hydrogen) atoms. The van der Waals surface area contributed by atoms with Gasteiger partial charge in [0.2, 0.25) is 0 Å². The fourth-order valence-corrected chi connectivity index (χ4v) is 5.43. The molecule has 0 spiro atoms. The number of aryl methyl sites for hydroxylation is 5. The van der Waals surface area contributed by atoms with Gasteiger partial charge < -0.3 is 28.4 Å². The second-order valence-electron chi connectivity index (χ2n) is 11.3. The van der Waals surface area contributed by atoms with Gasteiger partial charge in [0.05, 0.1) is 13.2 Å². The first-order chi connectivity index (χ1) is 19.2. The monoisotopic (exact) mass is 546 g/mol. The lowest BCUT2D eigenvalue weighted by molar-refractivity contribution is 0.0216. The Morgan fingerprint density at radius 1 is 0.675 bits per heavy atom. The maximum Gasteiger partial charge on any atom is 0.189 e. The maximum atomic E-state index is 6.18. The summed E-state index contributed by atoms with van der Waals surface area (Å²) < 4.78 is 34.4. The van der Waals surface area contributed by atoms with Gasteiger partial charge in [-0.15, -0.1) is 0 Å². The van der Waals surface area contributed by atoms with Crippen LogP contribution >= 0.6 is 0 Å². The maximum absolute atomic E-state index is 6.18. The van der Waals surface area contributed by atoms with Crippen LogP contribution in [0.15, 0.2) is 42.5 Å². The summed E-state index contributed by atoms with van der Waals surface area (Å²) in [4.78, 5) is 0. The first-order valence-corrected chi connectivity index (χ1v) is 14.2. The van der Waals surface area contributed by atoms with Crippen LogP contribution in [0.3, 0.4) is 0 Å². The van der Waals surface area contributed by atoms with E-state index in [1.165, 1.54) is 16.7 Å². The van der Waals surface area contributed by atoms with Crippen molar-refractivity contribution in [3.8, 4) is 17.2 Å². The molecule has 6 nitrogen and oxygen atoms in total. The van der Waals surface area contributed by atoms with Gasteiger partial charge in [-0.1, -0.05) is 36.4 Å². The predicted molar refractivity (Wildman–Crippen MR) is 156 cm³/mol. The zero-order chi connectivity index (χ0) is 28.4. The van der Waals surface area contributed by atoms with E-state index < -0.39 is 5.41 Å². The summed E-state index contributed by atoms with van der Waals surface area (Å²) in [5.74, 6) is 2.71. The molecule has 0 aliphatic carbocycles. The van der Waals surface area contributed by atoms with Gasteiger partial charge in [0.25, 0.3) is 0 Å². The van der Waals surface area contributed by atoms with Gasteiger partial charge in [-0.05, 0) is 99.0 Å². The zero-order valence-corrected chi connectivity index (χ0v) is 24.9. The van der Waals surface area contributed by atoms with Crippen molar-refractivity contribution in [3.63, 3.8) is 0 Å². The minimum atomic E-state index is -0.440. The van der Waals surface area contributed by atoms with Crippen molar-refractivity contribution in [2.24, 2.45) is 0 Å². The Balaban J connectivity index is 1.57. The van der Waals surface area contributed by atoms with Gasteiger partial charge in [-0.25, -0.2) is 0 Å². The van der Waals surface area contributed by atoms with Crippen LogP contribution in [-0.2, 0) is 19.6 Å². The summed E-state index contributed by atoms with van der Waals surface area (Å²) in [6.45, 7) is 18.5. The van der Waals surface area contributed by atoms with Crippen molar-refractivity contribution in [1.82, 2.24) is 0 Å². The average molecular weight is 547 g/mol. The molecule has 2 aliphatic heterocycles. The highest BCUT2D eigenvalue weighted by atomic mass is 16.7. The normalized spacial score (nSPS) is 19.2. The zero-order valence-electron chi connectivity index (χ0n) is 24.9. The van der Waals surface area contributed by atoms with Crippen molar-refractivity contribution < 1.29 is 28.4 Å². The smallest absolute Gasteiger partial charge is 0.189 e. The molecule has 5 rings (SSSR count). The molecule has 2 aliphatic rings. The summed E-state index contributed by atoms with van der Waals surface area (Å²) in [6, 6.07) is 15.6. The number of ether oxygens (including phenoxy) is 6. The highest BCUT2D eigenvalue weighted by molar-refractivity contribution is 5.58. The lowest BCUT2D eigenvalue weighted by Gasteiger charge is -2.34. The summed E-state index contributed by atoms with van der Waals surface area (Å²) in [7, 11) is 0. The highest BCUT2D eigenvalue weighted by Gasteiger charge is 2.34. The lowest BCUT2D eigenvalue weighted by atomic mass is 9.69. The largest absolute Gasteiger partial charge is 0.491 e. The van der Waals surface area contributed by atoms with Crippen LogP contribution in [0.5, 0.6) is 17.2 Å². The van der Waals surface area contributed by atoms with E-state index in [1.807, 2.05) is 6.92 Å². The van der Waals surface area contributed by atoms with E-state index in [-0.39, 0.29) is 19.0 Å². The summed E-state index contributed by atoms with van der Waals surface area (Å²) in [6.07, 6.45) is 0.435. The van der Waals surface area contributed by atoms with Crippen molar-refractivity contribution >= 4 is 0 Å². The minimum absolute atomic E-state index is 0.216. The number of hydrogen-bond donors (Lipinski definition) is 0. The molecule has 2 heterocycles. The van der Waals surface area contributed by atoms with E-state index >= 15 is 0 Å². The molecule has 3 aromatic rings. The van der Waals surface area contributed by atoms with Gasteiger partial charge >= 0.3 is 0 Å². The Labute approximate surface area is 238 Å². The summed E-state index contributed by atoms with van der Waals surface area (Å²) in [5.41, 5.74) is 8.67. The van der Waals surface area contributed by atoms with Crippen LogP contribution < -0.4 is 14.2 Å². The molecule has 0 bridgehead atoms. The molecule has 0 N–H and O–H groups in total. The summed E-state index contributed by atoms with van der Waals surface area (Å²) >= 11 is 0. The number of hydrogen-bond acceptors (Lipinski definition) is 6. The molecule has 3 atom stereocenters. The Morgan fingerprint density at radius 3 is 1.62 bits per heavy atom. The number of benzene rings is 3. The van der Waals surface area contributed by atoms with E-state index in [0.717, 1.165) is 58.3 Å². The number of rotatable bonds is 13. The van der Waals surface area contributed by atoms with Crippen LogP contribution in [-0.4, -0.2) is 52.0 Å². The molecule has 0 aromatic heterocycles. The molecule has 2 fully saturated rings. The van der Waals surface area contributed by atoms with E-state index in [2.05, 4.69) is 84.0 Å². The Kier molecular flexibility index (Phi) is 8.41. The second-order valence-corrected chi connectivity index (χ2v) is 11.3. The Morgan fingerprint density at radius 2 is 1.15 bits per heavy atom. The number of epoxide rings is 2. The van der Waals surface area contributed by atoms with Crippen molar-refractivity contribution in [2.45, 2.75) is 66.1 Å². The van der Waals surface area contributed by atoms with Gasteiger partial charge in [0.15, 0.2) is 6.79 Å². The Bertz CT molecular complexity index is 1310. The fourth-order valence-electron chi connectivity index (χ4n) is 5.43. The highest BCUT2D eigenvalue weighted by Crippen LogP contribution is 2.44. The SMILES string of the molecule is CCOCOc1c(C)cc(C(C)(c2ccc(OCC3CO3)c(C)c2)c2cc(C)c(OCC3CO3)c(C)c2)cc1C. The predicted octanol–water partition coefficient (Wildman–Crippen LogP) is 6.51. The molecule has 214 valence electrons. The molecular weight excluding hydrogens is 504 g/mol. The molecule has 2 saturated heterocycles. The van der Waals surface area contributed by atoms with Gasteiger partial charge in [0.1, 0.15) is 42.7 Å². The molecule has 3 unspecified atom stereocenters. The molecule has 6 heteroatoms. The molecule has 3 aromatic carbocycles. The van der Waals surface area contributed by atoms with Gasteiger partial charge in [-0.2, -0.15) is 0 Å². The topological polar surface area (TPSA) is 62.0 Å². The summed E-state index contributed by atoms with van der Waals surface area (Å²) in [5, 5.41) is 0. The van der Waals surface area contributed by atoms with Crippen LogP contribution in [0, 0.1) is 34.6 Å². The lowest BCUT2D eigenvalue weighted by Crippen LogP contribution is -2.26. The van der Waals surface area contributed by atoms with Crippen molar-refractivity contribution in [1.29, 1.82) is 0 Å². The van der Waals surface area contributed by atoms with Gasteiger partial charge in [0, 0.05) is 12.0 Å². The molecule has 0 amide bonds. The van der Waals surface area contributed by atoms with E-state index in [0.29, 0.717) is 19.8 Å². The molecule has 0 saturated carbocycles. The third kappa shape index (κ3) is 6.14. The van der Waals surface area contributed by atoms with Crippen LogP contribution in [0.4, 0.5) is 0 Å². The standard InChI is InChI=1S/C34H42O6/c1-8-35-20-40-33-24(5)14-28(15-25(33)6)34(7,26-9-10-31(21(2)11-26)38-18-29-16-36-29)27-12-22(3)32(23(4)13-27)39-19-30-17-37-30/h9-15,29-30H,8,16-20H2,1-7H3. The third-order valence-electron chi connectivity index (χ3n) is 7.96. The van der Waals surface area contributed by atoms with E-state index in [9.17, 15) is 0 Å². The Hall–Kier alpha value is -3.06. The average Bonchev–Trinajstić information content (AvgIpc) is 3.84. The van der Waals surface area contributed by atoms with E-state index in [1.54, 1.807) is 0 Å². The van der Waals surface area contributed by atoms with Crippen molar-refractivity contribution in [2.75, 3.05) is 39.8 Å². The fraction of sp³-hybridized carbons (Fsp3) is 0.471. The first-order valence-electron chi connectivity index (χ1n) is 14.2. The van der Waals surface area contributed by atoms with Gasteiger partial charge in [-0.3, -0.25) is 0 Å². The van der Waals surface area contributed by atoms with Crippen molar-refractivity contribution in [3.05, 3.63) is 87.0 Å². The van der Waals surface area contributed by atoms with Crippen LogP contribution in [0.25, 0.3) is 0 Å². The first kappa shape index (κ1) is 28.5. The van der Waals surface area contributed by atoms with E-state index in [4.69, 9.17) is 28.4 Å². The third-order valence-corrected chi connectivity index (χ3v) is 7.96. The van der Waals surface area contributed by atoms with Crippen LogP contribution in [0.2, 0.25) is 0 Å².